The van der Waals surface area contributed by atoms with Crippen molar-refractivity contribution in [2.45, 2.75) is 26.1 Å². The Balaban J connectivity index is 0.868. The first-order chi connectivity index (χ1) is 26.3. The molecule has 266 valence electrons. The van der Waals surface area contributed by atoms with E-state index >= 15 is 0 Å². The summed E-state index contributed by atoms with van der Waals surface area (Å²) in [6.45, 7) is 0.867. The zero-order valence-electron chi connectivity index (χ0n) is 29.4. The summed E-state index contributed by atoms with van der Waals surface area (Å²) in [6.07, 6.45) is 0.643. The summed E-state index contributed by atoms with van der Waals surface area (Å²) >= 11 is 12.1. The molecule has 7 aromatic carbocycles. The van der Waals surface area contributed by atoms with Gasteiger partial charge in [-0.25, -0.2) is 0 Å². The van der Waals surface area contributed by atoms with E-state index in [0.717, 1.165) is 56.0 Å². The molecule has 0 bridgehead atoms. The average Bonchev–Trinajstić information content (AvgIpc) is 3.21. The molecule has 0 saturated carbocycles. The van der Waals surface area contributed by atoms with Gasteiger partial charge in [0.1, 0.15) is 24.7 Å². The lowest BCUT2D eigenvalue weighted by molar-refractivity contribution is 0.0984. The molecule has 0 spiro atoms. The third-order valence-corrected chi connectivity index (χ3v) is 9.61. The van der Waals surface area contributed by atoms with E-state index in [1.165, 1.54) is 0 Å². The van der Waals surface area contributed by atoms with E-state index in [0.29, 0.717) is 47.2 Å². The summed E-state index contributed by atoms with van der Waals surface area (Å²) < 4.78 is 12.1. The zero-order chi connectivity index (χ0) is 37.3. The Labute approximate surface area is 325 Å². The smallest absolute Gasteiger partial charge is 0.167 e. The van der Waals surface area contributed by atoms with Gasteiger partial charge in [0.05, 0.1) is 0 Å². The van der Waals surface area contributed by atoms with Crippen LogP contribution in [0.1, 0.15) is 43.0 Å². The Hall–Kier alpha value is -5.94. The molecule has 0 fully saturated rings. The summed E-state index contributed by atoms with van der Waals surface area (Å²) in [5.41, 5.74) is 9.63. The molecule has 0 unspecified atom stereocenters. The third kappa shape index (κ3) is 9.73. The van der Waals surface area contributed by atoms with Crippen molar-refractivity contribution >= 4 is 34.8 Å². The maximum Gasteiger partial charge on any atom is 0.167 e. The molecule has 0 aromatic heterocycles. The molecule has 4 nitrogen and oxygen atoms in total. The lowest BCUT2D eigenvalue weighted by Crippen LogP contribution is -2.03. The highest BCUT2D eigenvalue weighted by Crippen LogP contribution is 2.28. The quantitative estimate of drug-likeness (QED) is 0.104. The predicted molar refractivity (Wildman–Crippen MR) is 218 cm³/mol. The van der Waals surface area contributed by atoms with Gasteiger partial charge in [-0.1, -0.05) is 145 Å². The molecule has 0 aliphatic heterocycles. The van der Waals surface area contributed by atoms with Crippen molar-refractivity contribution in [1.82, 2.24) is 0 Å². The summed E-state index contributed by atoms with van der Waals surface area (Å²) in [5, 5.41) is 1.12. The van der Waals surface area contributed by atoms with Crippen LogP contribution in [0.3, 0.4) is 0 Å². The number of halogens is 2. The molecule has 7 aromatic rings. The van der Waals surface area contributed by atoms with Crippen molar-refractivity contribution in [3.63, 3.8) is 0 Å². The second-order valence-electron chi connectivity index (χ2n) is 13.1. The maximum absolute atomic E-state index is 12.6. The van der Waals surface area contributed by atoms with E-state index in [1.807, 2.05) is 72.8 Å². The van der Waals surface area contributed by atoms with E-state index in [4.69, 9.17) is 32.7 Å². The van der Waals surface area contributed by atoms with Gasteiger partial charge in [0.2, 0.25) is 0 Å². The fourth-order valence-corrected chi connectivity index (χ4v) is 6.46. The van der Waals surface area contributed by atoms with Crippen LogP contribution < -0.4 is 9.47 Å². The Bertz CT molecular complexity index is 2180. The zero-order valence-corrected chi connectivity index (χ0v) is 30.9. The van der Waals surface area contributed by atoms with Crippen LogP contribution in [0, 0.1) is 0 Å². The van der Waals surface area contributed by atoms with Gasteiger partial charge in [-0.3, -0.25) is 9.59 Å². The monoisotopic (exact) mass is 746 g/mol. The second kappa shape index (κ2) is 17.3. The van der Waals surface area contributed by atoms with Crippen molar-refractivity contribution in [3.05, 3.63) is 213 Å². The van der Waals surface area contributed by atoms with E-state index in [1.54, 1.807) is 48.5 Å². The molecule has 0 amide bonds. The highest BCUT2D eigenvalue weighted by molar-refractivity contribution is 6.31. The maximum atomic E-state index is 12.6. The number of Topliss-reactive ketones (excluding diaryl/α,β-unsaturated/α-hetero) is 2. The molecule has 0 saturated heterocycles. The van der Waals surface area contributed by atoms with Gasteiger partial charge in [0, 0.05) is 34.0 Å². The fraction of sp³-hybridized carbons (Fsp3) is 0.0833. The molecule has 0 radical (unpaired) electrons. The summed E-state index contributed by atoms with van der Waals surface area (Å²) in [7, 11) is 0. The van der Waals surface area contributed by atoms with Crippen LogP contribution in [0.25, 0.3) is 22.3 Å². The van der Waals surface area contributed by atoms with Crippen molar-refractivity contribution in [1.29, 1.82) is 0 Å². The molecule has 0 N–H and O–H groups in total. The summed E-state index contributed by atoms with van der Waals surface area (Å²) in [6, 6.07) is 54.6. The van der Waals surface area contributed by atoms with Crippen LogP contribution in [-0.4, -0.2) is 11.6 Å². The second-order valence-corrected chi connectivity index (χ2v) is 13.9. The summed E-state index contributed by atoms with van der Waals surface area (Å²) in [5.74, 6) is 1.65. The molecule has 0 atom stereocenters. The van der Waals surface area contributed by atoms with E-state index in [2.05, 4.69) is 48.5 Å². The lowest BCUT2D eigenvalue weighted by Gasteiger charge is -2.10. The van der Waals surface area contributed by atoms with Gasteiger partial charge >= 0.3 is 0 Å². The highest BCUT2D eigenvalue weighted by Gasteiger charge is 2.10. The molecule has 0 aliphatic rings. The van der Waals surface area contributed by atoms with Gasteiger partial charge in [0.25, 0.3) is 0 Å². The Morgan fingerprint density at radius 2 is 0.704 bits per heavy atom. The first-order valence-corrected chi connectivity index (χ1v) is 18.4. The number of hydrogen-bond donors (Lipinski definition) is 0. The predicted octanol–water partition coefficient (Wildman–Crippen LogP) is 12.3. The number of rotatable bonds is 14. The molecular formula is C48H36Cl2O4. The number of benzene rings is 7. The number of carbonyl (C=O) groups is 2. The van der Waals surface area contributed by atoms with Gasteiger partial charge in [-0.05, 0) is 93.0 Å². The minimum atomic E-state index is 0.0370. The van der Waals surface area contributed by atoms with Crippen LogP contribution in [0.15, 0.2) is 170 Å². The lowest BCUT2D eigenvalue weighted by atomic mass is 10.0. The van der Waals surface area contributed by atoms with Crippen molar-refractivity contribution < 1.29 is 19.1 Å². The first kappa shape index (κ1) is 36.4. The van der Waals surface area contributed by atoms with Crippen LogP contribution in [-0.2, 0) is 26.1 Å². The fourth-order valence-electron chi connectivity index (χ4n) is 6.08. The van der Waals surface area contributed by atoms with Crippen molar-refractivity contribution in [3.8, 4) is 33.8 Å². The molecule has 6 heteroatoms. The SMILES string of the molecule is O=C(Cc1ccc(COc2ccc(-c3ccc(-c4ccc(OCc5ccc(CC(=O)c6cccc(Cl)c6)cc5)cc4)cc3)cc2)cc1)c1cccc(Cl)c1. The normalized spacial score (nSPS) is 10.9. The van der Waals surface area contributed by atoms with Gasteiger partial charge < -0.3 is 9.47 Å². The Morgan fingerprint density at radius 1 is 0.389 bits per heavy atom. The topological polar surface area (TPSA) is 52.6 Å². The minimum Gasteiger partial charge on any atom is -0.489 e. The number of hydrogen-bond acceptors (Lipinski definition) is 4. The molecular weight excluding hydrogens is 711 g/mol. The van der Waals surface area contributed by atoms with Gasteiger partial charge in [-0.15, -0.1) is 0 Å². The third-order valence-electron chi connectivity index (χ3n) is 9.14. The van der Waals surface area contributed by atoms with Crippen molar-refractivity contribution in [2.24, 2.45) is 0 Å². The van der Waals surface area contributed by atoms with E-state index in [9.17, 15) is 9.59 Å². The number of ketones is 2. The van der Waals surface area contributed by atoms with Crippen LogP contribution in [0.2, 0.25) is 10.0 Å². The standard InChI is InChI=1S/C48H36Cl2O4/c49-43-5-1-3-41(29-43)47(51)27-33-7-11-35(12-8-33)31-53-45-23-19-39(20-24-45)37-15-17-38(18-16-37)40-21-25-46(26-22-40)54-32-36-13-9-34(10-14-36)28-48(52)42-4-2-6-44(50)30-42/h1-26,29-30H,27-28,31-32H2. The van der Waals surface area contributed by atoms with Crippen LogP contribution >= 0.6 is 23.2 Å². The van der Waals surface area contributed by atoms with E-state index in [-0.39, 0.29) is 11.6 Å². The van der Waals surface area contributed by atoms with Gasteiger partial charge in [-0.2, -0.15) is 0 Å². The van der Waals surface area contributed by atoms with E-state index < -0.39 is 0 Å². The number of carbonyl (C=O) groups excluding carboxylic acids is 2. The van der Waals surface area contributed by atoms with Crippen LogP contribution in [0.4, 0.5) is 0 Å². The molecule has 7 rings (SSSR count). The van der Waals surface area contributed by atoms with Crippen molar-refractivity contribution in [2.75, 3.05) is 0 Å². The first-order valence-electron chi connectivity index (χ1n) is 17.6. The van der Waals surface area contributed by atoms with Crippen LogP contribution in [0.5, 0.6) is 11.5 Å². The van der Waals surface area contributed by atoms with Gasteiger partial charge in [0.15, 0.2) is 11.6 Å². The molecule has 0 heterocycles. The largest absolute Gasteiger partial charge is 0.489 e. The Kier molecular flexibility index (Phi) is 11.6. The highest BCUT2D eigenvalue weighted by atomic mass is 35.5. The Morgan fingerprint density at radius 3 is 1.04 bits per heavy atom. The molecule has 54 heavy (non-hydrogen) atoms. The average molecular weight is 748 g/mol. The molecule has 0 aliphatic carbocycles. The summed E-state index contributed by atoms with van der Waals surface area (Å²) in [4.78, 5) is 25.2. The number of ether oxygens (including phenoxy) is 2. The minimum absolute atomic E-state index is 0.0370.